The van der Waals surface area contributed by atoms with Gasteiger partial charge in [0.1, 0.15) is 0 Å². The van der Waals surface area contributed by atoms with Crippen molar-refractivity contribution < 1.29 is 9.53 Å². The molecule has 0 aromatic heterocycles. The van der Waals surface area contributed by atoms with Crippen molar-refractivity contribution in [3.05, 3.63) is 0 Å². The summed E-state index contributed by atoms with van der Waals surface area (Å²) in [6.45, 7) is 10.0. The highest BCUT2D eigenvalue weighted by Crippen LogP contribution is 2.34. The maximum absolute atomic E-state index is 10.1. The summed E-state index contributed by atoms with van der Waals surface area (Å²) < 4.78 is 4.77. The van der Waals surface area contributed by atoms with E-state index in [0.717, 1.165) is 19.3 Å². The normalized spacial score (nSPS) is 24.8. The Labute approximate surface area is 92.6 Å². The van der Waals surface area contributed by atoms with Crippen molar-refractivity contribution >= 4 is 6.47 Å². The zero-order valence-electron chi connectivity index (χ0n) is 10.3. The van der Waals surface area contributed by atoms with Gasteiger partial charge in [-0.1, -0.05) is 0 Å². The van der Waals surface area contributed by atoms with Crippen molar-refractivity contribution in [1.29, 1.82) is 0 Å². The van der Waals surface area contributed by atoms with E-state index in [1.54, 1.807) is 0 Å². The molecule has 0 amide bonds. The van der Waals surface area contributed by atoms with Crippen LogP contribution in [-0.4, -0.2) is 24.2 Å². The third kappa shape index (κ3) is 4.20. The molecule has 88 valence electrons. The predicted molar refractivity (Wildman–Crippen MR) is 60.7 cm³/mol. The lowest BCUT2D eigenvalue weighted by atomic mass is 9.75. The Kier molecular flexibility index (Phi) is 3.77. The monoisotopic (exact) mass is 213 g/mol. The lowest BCUT2D eigenvalue weighted by Crippen LogP contribution is -2.57. The van der Waals surface area contributed by atoms with Gasteiger partial charge in [-0.3, -0.25) is 4.79 Å². The van der Waals surface area contributed by atoms with Gasteiger partial charge in [-0.15, -0.1) is 0 Å². The Morgan fingerprint density at radius 2 is 1.80 bits per heavy atom. The highest BCUT2D eigenvalue weighted by molar-refractivity contribution is 5.36. The van der Waals surface area contributed by atoms with Gasteiger partial charge < -0.3 is 10.1 Å². The molecule has 0 atom stereocenters. The SMILES string of the molecule is CC1(C)CC(CCOC=O)CC(C)(C)N1. The zero-order chi connectivity index (χ0) is 11.5. The minimum Gasteiger partial charge on any atom is -0.468 e. The molecule has 1 fully saturated rings. The van der Waals surface area contributed by atoms with E-state index in [1.807, 2.05) is 0 Å². The Morgan fingerprint density at radius 3 is 2.27 bits per heavy atom. The molecule has 0 aromatic carbocycles. The molecule has 3 nitrogen and oxygen atoms in total. The first-order valence-corrected chi connectivity index (χ1v) is 5.69. The largest absolute Gasteiger partial charge is 0.468 e. The first-order valence-electron chi connectivity index (χ1n) is 5.69. The van der Waals surface area contributed by atoms with Crippen LogP contribution in [0.1, 0.15) is 47.0 Å². The first-order chi connectivity index (χ1) is 6.85. The summed E-state index contributed by atoms with van der Waals surface area (Å²) in [6.07, 6.45) is 3.28. The van der Waals surface area contributed by atoms with Crippen molar-refractivity contribution in [1.82, 2.24) is 5.32 Å². The summed E-state index contributed by atoms with van der Waals surface area (Å²) in [4.78, 5) is 10.1. The summed E-state index contributed by atoms with van der Waals surface area (Å²) in [7, 11) is 0. The van der Waals surface area contributed by atoms with Crippen LogP contribution in [-0.2, 0) is 9.53 Å². The average Bonchev–Trinajstić information content (AvgIpc) is 1.98. The van der Waals surface area contributed by atoms with Gasteiger partial charge in [0.15, 0.2) is 0 Å². The van der Waals surface area contributed by atoms with Crippen LogP contribution in [0.25, 0.3) is 0 Å². The minimum atomic E-state index is 0.188. The average molecular weight is 213 g/mol. The molecule has 1 N–H and O–H groups in total. The highest BCUT2D eigenvalue weighted by Gasteiger charge is 2.37. The molecule has 1 saturated heterocycles. The van der Waals surface area contributed by atoms with Gasteiger partial charge >= 0.3 is 0 Å². The van der Waals surface area contributed by atoms with E-state index >= 15 is 0 Å². The Balaban J connectivity index is 2.47. The Morgan fingerprint density at radius 1 is 1.27 bits per heavy atom. The second-order valence-electron chi connectivity index (χ2n) is 5.92. The van der Waals surface area contributed by atoms with Crippen molar-refractivity contribution in [2.75, 3.05) is 6.61 Å². The van der Waals surface area contributed by atoms with Gasteiger partial charge in [-0.25, -0.2) is 0 Å². The van der Waals surface area contributed by atoms with Crippen LogP contribution in [0.5, 0.6) is 0 Å². The third-order valence-electron chi connectivity index (χ3n) is 2.99. The number of nitrogens with one attached hydrogen (secondary N) is 1. The zero-order valence-corrected chi connectivity index (χ0v) is 10.3. The van der Waals surface area contributed by atoms with Crippen molar-refractivity contribution in [2.45, 2.75) is 58.0 Å². The fourth-order valence-corrected chi connectivity index (χ4v) is 3.02. The summed E-state index contributed by atoms with van der Waals surface area (Å²) >= 11 is 0. The lowest BCUT2D eigenvalue weighted by molar-refractivity contribution is -0.129. The number of ether oxygens (including phenoxy) is 1. The molecule has 0 aromatic rings. The first kappa shape index (κ1) is 12.5. The van der Waals surface area contributed by atoms with Gasteiger partial charge in [0, 0.05) is 11.1 Å². The summed E-state index contributed by atoms with van der Waals surface area (Å²) in [5.41, 5.74) is 0.376. The summed E-state index contributed by atoms with van der Waals surface area (Å²) in [5, 5.41) is 3.64. The van der Waals surface area contributed by atoms with Gasteiger partial charge in [0.25, 0.3) is 6.47 Å². The molecule has 0 saturated carbocycles. The minimum absolute atomic E-state index is 0.188. The molecule has 15 heavy (non-hydrogen) atoms. The van der Waals surface area contributed by atoms with Gasteiger partial charge in [-0.05, 0) is 52.9 Å². The van der Waals surface area contributed by atoms with Gasteiger partial charge in [0.2, 0.25) is 0 Å². The fraction of sp³-hybridized carbons (Fsp3) is 0.917. The predicted octanol–water partition coefficient (Wildman–Crippen LogP) is 2.11. The topological polar surface area (TPSA) is 38.3 Å². The molecule has 1 heterocycles. The number of carbonyl (C=O) groups excluding carboxylic acids is 1. The fourth-order valence-electron chi connectivity index (χ4n) is 3.02. The number of rotatable bonds is 4. The van der Waals surface area contributed by atoms with Crippen molar-refractivity contribution in [3.63, 3.8) is 0 Å². The van der Waals surface area contributed by atoms with E-state index < -0.39 is 0 Å². The lowest BCUT2D eigenvalue weighted by Gasteiger charge is -2.46. The van der Waals surface area contributed by atoms with E-state index in [4.69, 9.17) is 4.74 Å². The number of carbonyl (C=O) groups is 1. The molecule has 1 rings (SSSR count). The van der Waals surface area contributed by atoms with Crippen molar-refractivity contribution in [3.8, 4) is 0 Å². The van der Waals surface area contributed by atoms with Crippen LogP contribution in [0.2, 0.25) is 0 Å². The van der Waals surface area contributed by atoms with Gasteiger partial charge in [0.05, 0.1) is 6.61 Å². The van der Waals surface area contributed by atoms with Crippen LogP contribution >= 0.6 is 0 Å². The van der Waals surface area contributed by atoms with Crippen LogP contribution in [0.3, 0.4) is 0 Å². The summed E-state index contributed by atoms with van der Waals surface area (Å²) in [5.74, 6) is 0.649. The maximum Gasteiger partial charge on any atom is 0.293 e. The number of hydrogen-bond acceptors (Lipinski definition) is 3. The van der Waals surface area contributed by atoms with Crippen LogP contribution in [0, 0.1) is 5.92 Å². The molecule has 0 aliphatic carbocycles. The molecular formula is C12H23NO2. The standard InChI is InChI=1S/C12H23NO2/c1-11(2)7-10(5-6-15-9-14)8-12(3,4)13-11/h9-10,13H,5-8H2,1-4H3. The van der Waals surface area contributed by atoms with E-state index in [-0.39, 0.29) is 11.1 Å². The number of piperidine rings is 1. The third-order valence-corrected chi connectivity index (χ3v) is 2.99. The maximum atomic E-state index is 10.1. The molecule has 0 unspecified atom stereocenters. The number of hydrogen-bond donors (Lipinski definition) is 1. The van der Waals surface area contributed by atoms with E-state index in [1.165, 1.54) is 0 Å². The molecule has 1 aliphatic rings. The summed E-state index contributed by atoms with van der Waals surface area (Å²) in [6, 6.07) is 0. The Hall–Kier alpha value is -0.570. The molecule has 3 heteroatoms. The van der Waals surface area contributed by atoms with Crippen molar-refractivity contribution in [2.24, 2.45) is 5.92 Å². The molecule has 1 aliphatic heterocycles. The molecular weight excluding hydrogens is 190 g/mol. The smallest absolute Gasteiger partial charge is 0.293 e. The quantitative estimate of drug-likeness (QED) is 0.574. The Bertz CT molecular complexity index is 208. The molecule has 0 radical (unpaired) electrons. The van der Waals surface area contributed by atoms with E-state index in [0.29, 0.717) is 19.0 Å². The van der Waals surface area contributed by atoms with Crippen LogP contribution < -0.4 is 5.32 Å². The van der Waals surface area contributed by atoms with Crippen LogP contribution in [0.4, 0.5) is 0 Å². The molecule has 0 spiro atoms. The van der Waals surface area contributed by atoms with Crippen LogP contribution in [0.15, 0.2) is 0 Å². The second kappa shape index (κ2) is 4.52. The molecule has 0 bridgehead atoms. The van der Waals surface area contributed by atoms with Gasteiger partial charge in [-0.2, -0.15) is 0 Å². The van der Waals surface area contributed by atoms with E-state index in [9.17, 15) is 4.79 Å². The highest BCUT2D eigenvalue weighted by atomic mass is 16.5. The van der Waals surface area contributed by atoms with E-state index in [2.05, 4.69) is 33.0 Å². The second-order valence-corrected chi connectivity index (χ2v) is 5.92.